The zero-order valence-electron chi connectivity index (χ0n) is 10.3. The van der Waals surface area contributed by atoms with E-state index in [4.69, 9.17) is 0 Å². The third-order valence-electron chi connectivity index (χ3n) is 3.27. The first kappa shape index (κ1) is 10.9. The van der Waals surface area contributed by atoms with E-state index >= 15 is 0 Å². The molecule has 0 aliphatic heterocycles. The number of aromatic hydroxyl groups is 1. The number of aromatic nitrogens is 1. The Bertz CT molecular complexity index is 697. The summed E-state index contributed by atoms with van der Waals surface area (Å²) in [5, 5.41) is 10.8. The first-order valence-corrected chi connectivity index (χ1v) is 6.17. The van der Waals surface area contributed by atoms with E-state index in [2.05, 4.69) is 41.8 Å². The average molecular weight is 237 g/mol. The molecule has 0 spiro atoms. The van der Waals surface area contributed by atoms with Gasteiger partial charge < -0.3 is 9.67 Å². The molecule has 0 saturated heterocycles. The van der Waals surface area contributed by atoms with E-state index in [1.54, 1.807) is 12.1 Å². The normalized spacial score (nSPS) is 10.9. The van der Waals surface area contributed by atoms with Gasteiger partial charge in [0, 0.05) is 28.7 Å². The monoisotopic (exact) mass is 237 g/mol. The maximum Gasteiger partial charge on any atom is 0.116 e. The SMILES string of the molecule is CCn1c(-c2cccc(O)c2)cc2ccccc21. The Morgan fingerprint density at radius 2 is 1.83 bits per heavy atom. The standard InChI is InChI=1S/C16H15NO/c1-2-17-15-9-4-3-6-13(15)11-16(17)12-7-5-8-14(18)10-12/h3-11,18H,2H2,1H3. The highest BCUT2D eigenvalue weighted by molar-refractivity contribution is 5.87. The van der Waals surface area contributed by atoms with Crippen LogP contribution in [0.25, 0.3) is 22.2 Å². The highest BCUT2D eigenvalue weighted by Crippen LogP contribution is 2.29. The molecule has 3 rings (SSSR count). The van der Waals surface area contributed by atoms with Crippen molar-refractivity contribution in [3.63, 3.8) is 0 Å². The lowest BCUT2D eigenvalue weighted by Gasteiger charge is -2.08. The number of aryl methyl sites for hydroxylation is 1. The van der Waals surface area contributed by atoms with Crippen LogP contribution >= 0.6 is 0 Å². The van der Waals surface area contributed by atoms with Crippen LogP contribution in [0.1, 0.15) is 6.92 Å². The fraction of sp³-hybridized carbons (Fsp3) is 0.125. The molecular formula is C16H15NO. The van der Waals surface area contributed by atoms with Gasteiger partial charge in [-0.25, -0.2) is 0 Å². The summed E-state index contributed by atoms with van der Waals surface area (Å²) >= 11 is 0. The van der Waals surface area contributed by atoms with E-state index < -0.39 is 0 Å². The van der Waals surface area contributed by atoms with Gasteiger partial charge in [0.05, 0.1) is 0 Å². The number of hydrogen-bond acceptors (Lipinski definition) is 1. The predicted octanol–water partition coefficient (Wildman–Crippen LogP) is 4.03. The van der Waals surface area contributed by atoms with Crippen molar-refractivity contribution in [3.05, 3.63) is 54.6 Å². The number of fused-ring (bicyclic) bond motifs is 1. The Balaban J connectivity index is 2.28. The van der Waals surface area contributed by atoms with Crippen LogP contribution in [0.4, 0.5) is 0 Å². The third-order valence-corrected chi connectivity index (χ3v) is 3.27. The number of benzene rings is 2. The van der Waals surface area contributed by atoms with Crippen molar-refractivity contribution in [1.29, 1.82) is 0 Å². The van der Waals surface area contributed by atoms with Crippen LogP contribution in [0.5, 0.6) is 5.75 Å². The minimum absolute atomic E-state index is 0.306. The smallest absolute Gasteiger partial charge is 0.116 e. The van der Waals surface area contributed by atoms with Crippen LogP contribution in [-0.2, 0) is 6.54 Å². The highest BCUT2D eigenvalue weighted by Gasteiger charge is 2.09. The summed E-state index contributed by atoms with van der Waals surface area (Å²) in [4.78, 5) is 0. The molecule has 3 aromatic rings. The summed E-state index contributed by atoms with van der Waals surface area (Å²) in [7, 11) is 0. The van der Waals surface area contributed by atoms with E-state index in [9.17, 15) is 5.11 Å². The number of rotatable bonds is 2. The van der Waals surface area contributed by atoms with Gasteiger partial charge >= 0.3 is 0 Å². The van der Waals surface area contributed by atoms with Crippen molar-refractivity contribution in [2.75, 3.05) is 0 Å². The Morgan fingerprint density at radius 3 is 2.61 bits per heavy atom. The number of para-hydroxylation sites is 1. The predicted molar refractivity (Wildman–Crippen MR) is 74.7 cm³/mol. The van der Waals surface area contributed by atoms with Crippen LogP contribution in [0, 0.1) is 0 Å². The van der Waals surface area contributed by atoms with Crippen molar-refractivity contribution in [2.45, 2.75) is 13.5 Å². The molecule has 0 saturated carbocycles. The zero-order chi connectivity index (χ0) is 12.5. The topological polar surface area (TPSA) is 25.2 Å². The van der Waals surface area contributed by atoms with E-state index in [1.807, 2.05) is 12.1 Å². The highest BCUT2D eigenvalue weighted by atomic mass is 16.3. The lowest BCUT2D eigenvalue weighted by atomic mass is 10.1. The summed E-state index contributed by atoms with van der Waals surface area (Å²) in [6, 6.07) is 17.9. The van der Waals surface area contributed by atoms with Gasteiger partial charge in [-0.1, -0.05) is 30.3 Å². The zero-order valence-corrected chi connectivity index (χ0v) is 10.3. The summed E-state index contributed by atoms with van der Waals surface area (Å²) in [5.41, 5.74) is 3.43. The average Bonchev–Trinajstić information content (AvgIpc) is 2.77. The Labute approximate surface area is 106 Å². The third kappa shape index (κ3) is 1.66. The molecule has 1 N–H and O–H groups in total. The summed E-state index contributed by atoms with van der Waals surface area (Å²) < 4.78 is 2.27. The fourth-order valence-corrected chi connectivity index (χ4v) is 2.46. The molecular weight excluding hydrogens is 222 g/mol. The van der Waals surface area contributed by atoms with Crippen LogP contribution in [-0.4, -0.2) is 9.67 Å². The summed E-state index contributed by atoms with van der Waals surface area (Å²) in [6.07, 6.45) is 0. The molecule has 90 valence electrons. The van der Waals surface area contributed by atoms with Gasteiger partial charge in [0.25, 0.3) is 0 Å². The van der Waals surface area contributed by atoms with Gasteiger partial charge in [-0.2, -0.15) is 0 Å². The molecule has 0 atom stereocenters. The molecule has 0 fully saturated rings. The van der Waals surface area contributed by atoms with Crippen molar-refractivity contribution in [3.8, 4) is 17.0 Å². The number of nitrogens with zero attached hydrogens (tertiary/aromatic N) is 1. The van der Waals surface area contributed by atoms with E-state index in [0.717, 1.165) is 17.8 Å². The summed E-state index contributed by atoms with van der Waals surface area (Å²) in [5.74, 6) is 0.306. The lowest BCUT2D eigenvalue weighted by molar-refractivity contribution is 0.475. The van der Waals surface area contributed by atoms with Gasteiger partial charge in [0.1, 0.15) is 5.75 Å². The Hall–Kier alpha value is -2.22. The second-order valence-electron chi connectivity index (χ2n) is 4.38. The fourth-order valence-electron chi connectivity index (χ4n) is 2.46. The lowest BCUT2D eigenvalue weighted by Crippen LogP contribution is -1.96. The molecule has 0 unspecified atom stereocenters. The Morgan fingerprint density at radius 1 is 1.00 bits per heavy atom. The maximum atomic E-state index is 9.60. The molecule has 0 bridgehead atoms. The largest absolute Gasteiger partial charge is 0.508 e. The van der Waals surface area contributed by atoms with Gasteiger partial charge in [-0.3, -0.25) is 0 Å². The second kappa shape index (κ2) is 4.22. The van der Waals surface area contributed by atoms with Gasteiger partial charge in [0.15, 0.2) is 0 Å². The number of hydrogen-bond donors (Lipinski definition) is 1. The maximum absolute atomic E-state index is 9.60. The van der Waals surface area contributed by atoms with E-state index in [1.165, 1.54) is 10.9 Å². The molecule has 18 heavy (non-hydrogen) atoms. The molecule has 0 radical (unpaired) electrons. The van der Waals surface area contributed by atoms with Crippen molar-refractivity contribution >= 4 is 10.9 Å². The molecule has 2 heteroatoms. The van der Waals surface area contributed by atoms with Gasteiger partial charge in [-0.15, -0.1) is 0 Å². The van der Waals surface area contributed by atoms with Crippen LogP contribution < -0.4 is 0 Å². The Kier molecular flexibility index (Phi) is 2.56. The molecule has 0 aliphatic rings. The molecule has 2 aromatic carbocycles. The first-order valence-electron chi connectivity index (χ1n) is 6.17. The van der Waals surface area contributed by atoms with Crippen LogP contribution in [0.3, 0.4) is 0 Å². The van der Waals surface area contributed by atoms with Crippen LogP contribution in [0.2, 0.25) is 0 Å². The van der Waals surface area contributed by atoms with Gasteiger partial charge in [0.2, 0.25) is 0 Å². The van der Waals surface area contributed by atoms with E-state index in [-0.39, 0.29) is 0 Å². The quantitative estimate of drug-likeness (QED) is 0.715. The van der Waals surface area contributed by atoms with Crippen LogP contribution in [0.15, 0.2) is 54.6 Å². The molecule has 2 nitrogen and oxygen atoms in total. The minimum Gasteiger partial charge on any atom is -0.508 e. The molecule has 1 aromatic heterocycles. The number of phenolic OH excluding ortho intramolecular Hbond substituents is 1. The first-order chi connectivity index (χ1) is 8.79. The number of phenols is 1. The summed E-state index contributed by atoms with van der Waals surface area (Å²) in [6.45, 7) is 3.05. The van der Waals surface area contributed by atoms with Crippen molar-refractivity contribution in [1.82, 2.24) is 4.57 Å². The van der Waals surface area contributed by atoms with Crippen molar-refractivity contribution < 1.29 is 5.11 Å². The molecule has 0 amide bonds. The van der Waals surface area contributed by atoms with Crippen molar-refractivity contribution in [2.24, 2.45) is 0 Å². The second-order valence-corrected chi connectivity index (χ2v) is 4.38. The molecule has 1 heterocycles. The molecule has 0 aliphatic carbocycles. The van der Waals surface area contributed by atoms with E-state index in [0.29, 0.717) is 5.75 Å². The minimum atomic E-state index is 0.306. The van der Waals surface area contributed by atoms with Gasteiger partial charge in [-0.05, 0) is 31.2 Å².